The summed E-state index contributed by atoms with van der Waals surface area (Å²) in [7, 11) is 3.90. The predicted molar refractivity (Wildman–Crippen MR) is 166 cm³/mol. The van der Waals surface area contributed by atoms with E-state index < -0.39 is 11.6 Å². The Morgan fingerprint density at radius 3 is 2.47 bits per heavy atom. The number of aliphatic hydroxyl groups excluding tert-OH is 1. The summed E-state index contributed by atoms with van der Waals surface area (Å²) in [4.78, 5) is 21.8. The molecule has 0 bridgehead atoms. The molecule has 43 heavy (non-hydrogen) atoms. The molecule has 1 amide bonds. The number of carbonyl (C=O) groups is 1. The number of rotatable bonds is 13. The summed E-state index contributed by atoms with van der Waals surface area (Å²) in [5.74, 6) is 0.0108. The Balaban J connectivity index is 1.54. The zero-order valence-electron chi connectivity index (χ0n) is 25.5. The second-order valence-electron chi connectivity index (χ2n) is 11.8. The largest absolute Gasteiger partial charge is 0.393 e. The van der Waals surface area contributed by atoms with Gasteiger partial charge in [0.15, 0.2) is 0 Å². The van der Waals surface area contributed by atoms with E-state index in [4.69, 9.17) is 5.41 Å². The maximum atomic E-state index is 14.7. The minimum Gasteiger partial charge on any atom is -0.393 e. The van der Waals surface area contributed by atoms with Gasteiger partial charge in [-0.1, -0.05) is 13.5 Å². The lowest BCUT2D eigenvalue weighted by Crippen LogP contribution is -2.39. The Labute approximate surface area is 253 Å². The summed E-state index contributed by atoms with van der Waals surface area (Å²) in [6.45, 7) is 8.66. The molecular formula is C31H46F2N8O2. The molecular weight excluding hydrogens is 554 g/mol. The van der Waals surface area contributed by atoms with E-state index in [1.165, 1.54) is 12.1 Å². The van der Waals surface area contributed by atoms with Crippen molar-refractivity contribution in [1.82, 2.24) is 24.7 Å². The number of anilines is 3. The van der Waals surface area contributed by atoms with Crippen molar-refractivity contribution in [2.75, 3.05) is 44.4 Å². The Kier molecular flexibility index (Phi) is 11.1. The number of nitrogens with one attached hydrogen (secondary N) is 4. The van der Waals surface area contributed by atoms with Gasteiger partial charge in [-0.25, -0.2) is 13.8 Å². The molecule has 2 saturated carbocycles. The van der Waals surface area contributed by atoms with E-state index in [9.17, 15) is 18.7 Å². The highest BCUT2D eigenvalue weighted by Gasteiger charge is 2.32. The first-order chi connectivity index (χ1) is 20.6. The SMILES string of the molecule is C=C(Nc1c(C=N)nc(Nc2ccc(F)cc2F)n1C1CCC(C(=O)N(C)CCN(C)CC)CC1)NC1CCC(O)CC1. The molecule has 2 fully saturated rings. The van der Waals surface area contributed by atoms with E-state index in [0.29, 0.717) is 55.5 Å². The number of benzene rings is 1. The average Bonchev–Trinajstić information content (AvgIpc) is 3.34. The van der Waals surface area contributed by atoms with Gasteiger partial charge in [0.25, 0.3) is 0 Å². The summed E-state index contributed by atoms with van der Waals surface area (Å²) < 4.78 is 30.2. The van der Waals surface area contributed by atoms with Crippen LogP contribution in [0.15, 0.2) is 30.6 Å². The molecule has 1 aromatic heterocycles. The molecule has 5 N–H and O–H groups in total. The fraction of sp³-hybridized carbons (Fsp3) is 0.581. The van der Waals surface area contributed by atoms with Gasteiger partial charge in [0.05, 0.1) is 17.6 Å². The van der Waals surface area contributed by atoms with Crippen LogP contribution in [0.1, 0.15) is 70.0 Å². The van der Waals surface area contributed by atoms with Crippen LogP contribution < -0.4 is 16.0 Å². The molecule has 236 valence electrons. The molecule has 1 aromatic carbocycles. The minimum absolute atomic E-state index is 0.0657. The van der Waals surface area contributed by atoms with Crippen molar-refractivity contribution in [2.45, 2.75) is 76.5 Å². The average molecular weight is 601 g/mol. The molecule has 2 aliphatic rings. The van der Waals surface area contributed by atoms with Gasteiger partial charge < -0.3 is 36.3 Å². The van der Waals surface area contributed by atoms with Crippen LogP contribution in [0.4, 0.5) is 26.2 Å². The first-order valence-corrected chi connectivity index (χ1v) is 15.3. The van der Waals surface area contributed by atoms with E-state index >= 15 is 0 Å². The van der Waals surface area contributed by atoms with Crippen LogP contribution in [0, 0.1) is 23.0 Å². The summed E-state index contributed by atoms with van der Waals surface area (Å²) in [5.41, 5.74) is 0.404. The summed E-state index contributed by atoms with van der Waals surface area (Å²) in [5, 5.41) is 27.7. The van der Waals surface area contributed by atoms with Gasteiger partial charge in [0, 0.05) is 50.4 Å². The fourth-order valence-electron chi connectivity index (χ4n) is 5.96. The lowest BCUT2D eigenvalue weighted by Gasteiger charge is -2.33. The number of hydrogen-bond acceptors (Lipinski definition) is 8. The maximum absolute atomic E-state index is 14.7. The van der Waals surface area contributed by atoms with E-state index in [1.54, 1.807) is 0 Å². The van der Waals surface area contributed by atoms with E-state index in [2.05, 4.69) is 39.3 Å². The number of halogens is 2. The van der Waals surface area contributed by atoms with Crippen molar-refractivity contribution in [1.29, 1.82) is 5.41 Å². The zero-order valence-corrected chi connectivity index (χ0v) is 25.5. The summed E-state index contributed by atoms with van der Waals surface area (Å²) >= 11 is 0. The van der Waals surface area contributed by atoms with E-state index in [-0.39, 0.29) is 35.7 Å². The lowest BCUT2D eigenvalue weighted by molar-refractivity contribution is -0.135. The smallest absolute Gasteiger partial charge is 0.225 e. The predicted octanol–water partition coefficient (Wildman–Crippen LogP) is 4.82. The van der Waals surface area contributed by atoms with Crippen LogP contribution in [-0.2, 0) is 4.79 Å². The van der Waals surface area contributed by atoms with Gasteiger partial charge in [-0.15, -0.1) is 0 Å². The third kappa shape index (κ3) is 8.32. The Morgan fingerprint density at radius 1 is 1.14 bits per heavy atom. The topological polar surface area (TPSA) is 122 Å². The van der Waals surface area contributed by atoms with Gasteiger partial charge in [0.1, 0.15) is 23.1 Å². The number of imidazole rings is 1. The molecule has 2 aromatic rings. The monoisotopic (exact) mass is 600 g/mol. The normalized spacial score (nSPS) is 22.2. The molecule has 0 aliphatic heterocycles. The van der Waals surface area contributed by atoms with Crippen LogP contribution in [0.2, 0.25) is 0 Å². The van der Waals surface area contributed by atoms with Crippen LogP contribution >= 0.6 is 0 Å². The van der Waals surface area contributed by atoms with Gasteiger partial charge in [-0.3, -0.25) is 9.36 Å². The Bertz CT molecular complexity index is 1270. The third-order valence-corrected chi connectivity index (χ3v) is 8.74. The quantitative estimate of drug-likeness (QED) is 0.209. The molecule has 4 rings (SSSR count). The number of nitrogens with zero attached hydrogens (tertiary/aromatic N) is 4. The molecule has 0 spiro atoms. The van der Waals surface area contributed by atoms with Gasteiger partial charge >= 0.3 is 0 Å². The van der Waals surface area contributed by atoms with Gasteiger partial charge in [-0.05, 0) is 77.1 Å². The van der Waals surface area contributed by atoms with Crippen molar-refractivity contribution in [3.63, 3.8) is 0 Å². The first-order valence-electron chi connectivity index (χ1n) is 15.3. The molecule has 2 aliphatic carbocycles. The molecule has 0 saturated heterocycles. The second kappa shape index (κ2) is 14.8. The van der Waals surface area contributed by atoms with Crippen LogP contribution in [0.3, 0.4) is 0 Å². The molecule has 0 radical (unpaired) electrons. The number of aliphatic hydroxyl groups is 1. The number of hydrogen-bond donors (Lipinski definition) is 5. The minimum atomic E-state index is -0.753. The number of aromatic nitrogens is 2. The van der Waals surface area contributed by atoms with E-state index in [1.807, 2.05) is 23.6 Å². The first kappa shape index (κ1) is 32.4. The highest BCUT2D eigenvalue weighted by atomic mass is 19.1. The van der Waals surface area contributed by atoms with Crippen molar-refractivity contribution in [3.05, 3.63) is 47.9 Å². The molecule has 1 heterocycles. The van der Waals surface area contributed by atoms with Gasteiger partial charge in [-0.2, -0.15) is 0 Å². The zero-order chi connectivity index (χ0) is 31.1. The molecule has 12 heteroatoms. The lowest BCUT2D eigenvalue weighted by atomic mass is 9.85. The molecule has 0 unspecified atom stereocenters. The second-order valence-corrected chi connectivity index (χ2v) is 11.8. The fourth-order valence-corrected chi connectivity index (χ4v) is 5.96. The number of carbonyl (C=O) groups excluding carboxylic acids is 1. The highest BCUT2D eigenvalue weighted by Crippen LogP contribution is 2.39. The Hall–Kier alpha value is -3.51. The van der Waals surface area contributed by atoms with Crippen LogP contribution in [0.25, 0.3) is 0 Å². The van der Waals surface area contributed by atoms with Crippen LogP contribution in [-0.4, -0.2) is 82.5 Å². The van der Waals surface area contributed by atoms with Crippen molar-refractivity contribution < 1.29 is 18.7 Å². The molecule has 10 nitrogen and oxygen atoms in total. The maximum Gasteiger partial charge on any atom is 0.225 e. The van der Waals surface area contributed by atoms with Crippen molar-refractivity contribution in [2.24, 2.45) is 5.92 Å². The Morgan fingerprint density at radius 2 is 1.84 bits per heavy atom. The summed E-state index contributed by atoms with van der Waals surface area (Å²) in [6.07, 6.45) is 6.66. The standard InChI is InChI=1S/C31H46F2N8O2/c1-5-39(3)16-17-40(4)30(43)21-6-11-24(12-7-21)41-29(36-20(2)35-23-9-13-25(42)14-10-23)28(19-34)38-31(41)37-27-15-8-22(32)18-26(27)33/h8,15,18-19,21,23-25,34-36,42H,2,5-7,9-14,16-17H2,1,3-4H3,(H,37,38). The number of amides is 1. The number of likely N-dealkylation sites (N-methyl/N-ethyl adjacent to an activating group) is 2. The summed E-state index contributed by atoms with van der Waals surface area (Å²) in [6, 6.07) is 3.37. The third-order valence-electron chi connectivity index (χ3n) is 8.74. The van der Waals surface area contributed by atoms with Crippen molar-refractivity contribution in [3.8, 4) is 0 Å². The van der Waals surface area contributed by atoms with Gasteiger partial charge in [0.2, 0.25) is 11.9 Å². The van der Waals surface area contributed by atoms with E-state index in [0.717, 1.165) is 51.1 Å². The van der Waals surface area contributed by atoms with Crippen molar-refractivity contribution >= 4 is 29.6 Å². The molecule has 0 atom stereocenters. The highest BCUT2D eigenvalue weighted by molar-refractivity contribution is 5.84. The van der Waals surface area contributed by atoms with Crippen LogP contribution in [0.5, 0.6) is 0 Å².